The van der Waals surface area contributed by atoms with Crippen molar-refractivity contribution in [1.29, 1.82) is 0 Å². The molecule has 0 heterocycles. The molecule has 0 saturated heterocycles. The predicted octanol–water partition coefficient (Wildman–Crippen LogP) is 5.43. The summed E-state index contributed by atoms with van der Waals surface area (Å²) in [6.45, 7) is 8.43. The van der Waals surface area contributed by atoms with E-state index < -0.39 is 0 Å². The van der Waals surface area contributed by atoms with Gasteiger partial charge in [0.1, 0.15) is 0 Å². The summed E-state index contributed by atoms with van der Waals surface area (Å²) in [4.78, 5) is 0. The molecule has 1 nitrogen and oxygen atoms in total. The van der Waals surface area contributed by atoms with Crippen LogP contribution in [0.15, 0.2) is 36.9 Å². The third-order valence-electron chi connectivity index (χ3n) is 3.73. The monoisotopic (exact) mass is 273 g/mol. The van der Waals surface area contributed by atoms with E-state index in [1.807, 2.05) is 6.07 Å². The molecule has 0 atom stereocenters. The Morgan fingerprint density at radius 2 is 1.50 bits per heavy atom. The average Bonchev–Trinajstić information content (AvgIpc) is 2.50. The van der Waals surface area contributed by atoms with Gasteiger partial charge in [0.2, 0.25) is 0 Å². The molecular formula is C19H31N. The Labute approximate surface area is 125 Å². The SMILES string of the molecule is C=C(CNCCCCCCCCCC)c1ccccc1. The lowest BCUT2D eigenvalue weighted by Crippen LogP contribution is -2.17. The summed E-state index contributed by atoms with van der Waals surface area (Å²) in [5, 5.41) is 3.50. The van der Waals surface area contributed by atoms with Gasteiger partial charge in [-0.3, -0.25) is 0 Å². The van der Waals surface area contributed by atoms with Crippen LogP contribution in [0.25, 0.3) is 5.57 Å². The zero-order valence-corrected chi connectivity index (χ0v) is 13.2. The van der Waals surface area contributed by atoms with Crippen molar-refractivity contribution in [3.63, 3.8) is 0 Å². The number of rotatable bonds is 12. The van der Waals surface area contributed by atoms with Gasteiger partial charge in [0.15, 0.2) is 0 Å². The first-order chi connectivity index (χ1) is 9.84. The Morgan fingerprint density at radius 3 is 2.15 bits per heavy atom. The molecular weight excluding hydrogens is 242 g/mol. The summed E-state index contributed by atoms with van der Waals surface area (Å²) in [5.74, 6) is 0. The third kappa shape index (κ3) is 8.16. The first-order valence-electron chi connectivity index (χ1n) is 8.28. The van der Waals surface area contributed by atoms with Gasteiger partial charge in [0.05, 0.1) is 0 Å². The highest BCUT2D eigenvalue weighted by atomic mass is 14.8. The first kappa shape index (κ1) is 17.0. The maximum atomic E-state index is 4.14. The van der Waals surface area contributed by atoms with Crippen LogP contribution in [0.3, 0.4) is 0 Å². The van der Waals surface area contributed by atoms with E-state index >= 15 is 0 Å². The summed E-state index contributed by atoms with van der Waals surface area (Å²) in [6, 6.07) is 10.4. The molecule has 1 rings (SSSR count). The largest absolute Gasteiger partial charge is 0.313 e. The normalized spacial score (nSPS) is 10.7. The number of unbranched alkanes of at least 4 members (excludes halogenated alkanes) is 7. The van der Waals surface area contributed by atoms with Gasteiger partial charge in [0, 0.05) is 6.54 Å². The van der Waals surface area contributed by atoms with Crippen molar-refractivity contribution in [2.75, 3.05) is 13.1 Å². The van der Waals surface area contributed by atoms with Crippen molar-refractivity contribution in [3.05, 3.63) is 42.5 Å². The molecule has 20 heavy (non-hydrogen) atoms. The second-order valence-electron chi connectivity index (χ2n) is 5.62. The van der Waals surface area contributed by atoms with Crippen molar-refractivity contribution < 1.29 is 0 Å². The fourth-order valence-corrected chi connectivity index (χ4v) is 2.40. The molecule has 1 N–H and O–H groups in total. The predicted molar refractivity (Wildman–Crippen MR) is 91.0 cm³/mol. The van der Waals surface area contributed by atoms with Crippen LogP contribution >= 0.6 is 0 Å². The average molecular weight is 273 g/mol. The van der Waals surface area contributed by atoms with Gasteiger partial charge in [0.25, 0.3) is 0 Å². The number of hydrogen-bond acceptors (Lipinski definition) is 1. The van der Waals surface area contributed by atoms with Crippen molar-refractivity contribution in [3.8, 4) is 0 Å². The van der Waals surface area contributed by atoms with Gasteiger partial charge in [-0.2, -0.15) is 0 Å². The highest BCUT2D eigenvalue weighted by Gasteiger charge is 1.97. The molecule has 0 aliphatic rings. The van der Waals surface area contributed by atoms with E-state index in [4.69, 9.17) is 0 Å². The lowest BCUT2D eigenvalue weighted by Gasteiger charge is -2.08. The molecule has 0 amide bonds. The molecule has 1 aromatic carbocycles. The number of hydrogen-bond donors (Lipinski definition) is 1. The van der Waals surface area contributed by atoms with Crippen molar-refractivity contribution >= 4 is 5.57 Å². The molecule has 0 bridgehead atoms. The fourth-order valence-electron chi connectivity index (χ4n) is 2.40. The summed E-state index contributed by atoms with van der Waals surface area (Å²) in [7, 11) is 0. The molecule has 0 aromatic heterocycles. The summed E-state index contributed by atoms with van der Waals surface area (Å²) >= 11 is 0. The van der Waals surface area contributed by atoms with Gasteiger partial charge >= 0.3 is 0 Å². The first-order valence-corrected chi connectivity index (χ1v) is 8.28. The van der Waals surface area contributed by atoms with Crippen LogP contribution in [0.1, 0.15) is 63.9 Å². The highest BCUT2D eigenvalue weighted by Crippen LogP contribution is 2.10. The van der Waals surface area contributed by atoms with Gasteiger partial charge in [-0.05, 0) is 24.1 Å². The highest BCUT2D eigenvalue weighted by molar-refractivity contribution is 5.64. The number of nitrogens with one attached hydrogen (secondary N) is 1. The summed E-state index contributed by atoms with van der Waals surface area (Å²) < 4.78 is 0. The van der Waals surface area contributed by atoms with Gasteiger partial charge in [-0.15, -0.1) is 0 Å². The Hall–Kier alpha value is -1.08. The zero-order chi connectivity index (χ0) is 14.5. The van der Waals surface area contributed by atoms with Crippen molar-refractivity contribution in [1.82, 2.24) is 5.32 Å². The van der Waals surface area contributed by atoms with E-state index in [1.54, 1.807) is 0 Å². The second-order valence-corrected chi connectivity index (χ2v) is 5.62. The molecule has 0 saturated carbocycles. The second kappa shape index (κ2) is 11.7. The van der Waals surface area contributed by atoms with E-state index in [2.05, 4.69) is 43.1 Å². The molecule has 1 heteroatoms. The van der Waals surface area contributed by atoms with Crippen LogP contribution < -0.4 is 5.32 Å². The van der Waals surface area contributed by atoms with E-state index in [9.17, 15) is 0 Å². The molecule has 0 radical (unpaired) electrons. The molecule has 1 aromatic rings. The van der Waals surface area contributed by atoms with Crippen LogP contribution in [-0.2, 0) is 0 Å². The van der Waals surface area contributed by atoms with Gasteiger partial charge < -0.3 is 5.32 Å². The molecule has 0 fully saturated rings. The molecule has 112 valence electrons. The minimum absolute atomic E-state index is 0.903. The van der Waals surface area contributed by atoms with Crippen LogP contribution in [0, 0.1) is 0 Å². The third-order valence-corrected chi connectivity index (χ3v) is 3.73. The fraction of sp³-hybridized carbons (Fsp3) is 0.579. The summed E-state index contributed by atoms with van der Waals surface area (Å²) in [5.41, 5.74) is 2.43. The van der Waals surface area contributed by atoms with Crippen LogP contribution in [0.5, 0.6) is 0 Å². The van der Waals surface area contributed by atoms with Crippen LogP contribution in [0.2, 0.25) is 0 Å². The molecule has 0 aliphatic carbocycles. The van der Waals surface area contributed by atoms with E-state index in [1.165, 1.54) is 62.5 Å². The summed E-state index contributed by atoms with van der Waals surface area (Å²) in [6.07, 6.45) is 11.0. The van der Waals surface area contributed by atoms with E-state index in [0.717, 1.165) is 13.1 Å². The standard InChI is InChI=1S/C19H31N/c1-3-4-5-6-7-8-9-13-16-20-17-18(2)19-14-11-10-12-15-19/h10-12,14-15,20H,2-9,13,16-17H2,1H3. The van der Waals surface area contributed by atoms with Crippen LogP contribution in [0.4, 0.5) is 0 Å². The topological polar surface area (TPSA) is 12.0 Å². The Kier molecular flexibility index (Phi) is 9.95. The lowest BCUT2D eigenvalue weighted by molar-refractivity contribution is 0.564. The maximum Gasteiger partial charge on any atom is 0.0205 e. The van der Waals surface area contributed by atoms with Crippen molar-refractivity contribution in [2.45, 2.75) is 58.3 Å². The lowest BCUT2D eigenvalue weighted by atomic mass is 10.1. The Morgan fingerprint density at radius 1 is 0.900 bits per heavy atom. The Balaban J connectivity index is 1.91. The van der Waals surface area contributed by atoms with Crippen molar-refractivity contribution in [2.24, 2.45) is 0 Å². The number of benzene rings is 1. The minimum atomic E-state index is 0.903. The van der Waals surface area contributed by atoms with E-state index in [-0.39, 0.29) is 0 Å². The maximum absolute atomic E-state index is 4.14. The molecule has 0 unspecified atom stereocenters. The van der Waals surface area contributed by atoms with Gasteiger partial charge in [-0.25, -0.2) is 0 Å². The van der Waals surface area contributed by atoms with Gasteiger partial charge in [-0.1, -0.05) is 88.8 Å². The minimum Gasteiger partial charge on any atom is -0.313 e. The van der Waals surface area contributed by atoms with E-state index in [0.29, 0.717) is 0 Å². The quantitative estimate of drug-likeness (QED) is 0.501. The molecule has 0 aliphatic heterocycles. The Bertz CT molecular complexity index is 342. The smallest absolute Gasteiger partial charge is 0.0205 e. The van der Waals surface area contributed by atoms with Crippen LogP contribution in [-0.4, -0.2) is 13.1 Å². The zero-order valence-electron chi connectivity index (χ0n) is 13.2. The molecule has 0 spiro atoms.